The third-order valence-corrected chi connectivity index (χ3v) is 6.86. The third-order valence-electron chi connectivity index (χ3n) is 6.86. The Morgan fingerprint density at radius 2 is 0.833 bits per heavy atom. The van der Waals surface area contributed by atoms with Gasteiger partial charge >= 0.3 is 0 Å². The van der Waals surface area contributed by atoms with Crippen molar-refractivity contribution in [2.75, 3.05) is 14.1 Å². The molecule has 0 aromatic heterocycles. The van der Waals surface area contributed by atoms with Crippen LogP contribution in [0.15, 0.2) is 0 Å². The maximum atomic E-state index is 2.61. The summed E-state index contributed by atoms with van der Waals surface area (Å²) in [7, 11) is 4.63. The van der Waals surface area contributed by atoms with Crippen molar-refractivity contribution in [3.63, 3.8) is 0 Å². The Kier molecular flexibility index (Phi) is 3.81. The predicted octanol–water partition coefficient (Wildman–Crippen LogP) is 2.94. The maximum absolute atomic E-state index is 2.61. The number of nitrogens with zero attached hydrogens (tertiary/aromatic N) is 2. The van der Waals surface area contributed by atoms with Crippen LogP contribution in [0.5, 0.6) is 0 Å². The topological polar surface area (TPSA) is 6.48 Å². The molecule has 0 bridgehead atoms. The molecule has 2 unspecified atom stereocenters. The van der Waals surface area contributed by atoms with E-state index in [1.165, 1.54) is 0 Å². The summed E-state index contributed by atoms with van der Waals surface area (Å²) in [5.74, 6) is 3.32. The van der Waals surface area contributed by atoms with Gasteiger partial charge in [0, 0.05) is 24.2 Å². The molecule has 2 fully saturated rings. The quantitative estimate of drug-likeness (QED) is 0.654. The predicted molar refractivity (Wildman–Crippen MR) is 78.7 cm³/mol. The molecule has 8 atom stereocenters. The Morgan fingerprint density at radius 3 is 1.17 bits per heavy atom. The van der Waals surface area contributed by atoms with Crippen molar-refractivity contribution in [3.8, 4) is 0 Å². The molecule has 2 heterocycles. The first-order chi connectivity index (χ1) is 8.29. The van der Waals surface area contributed by atoms with Gasteiger partial charge < -0.3 is 9.80 Å². The van der Waals surface area contributed by atoms with Crippen molar-refractivity contribution in [2.24, 2.45) is 23.7 Å². The molecule has 0 saturated carbocycles. The van der Waals surface area contributed by atoms with Gasteiger partial charge in [-0.2, -0.15) is 0 Å². The van der Waals surface area contributed by atoms with Gasteiger partial charge in [0.25, 0.3) is 0 Å². The molecule has 2 aliphatic heterocycles. The highest BCUT2D eigenvalue weighted by Crippen LogP contribution is 2.47. The fourth-order valence-corrected chi connectivity index (χ4v) is 4.90. The summed E-state index contributed by atoms with van der Waals surface area (Å²) < 4.78 is 0. The van der Waals surface area contributed by atoms with Gasteiger partial charge in [-0.05, 0) is 65.5 Å². The van der Waals surface area contributed by atoms with E-state index < -0.39 is 0 Å². The Bertz CT molecular complexity index is 245. The number of hydrogen-bond acceptors (Lipinski definition) is 2. The summed E-state index contributed by atoms with van der Waals surface area (Å²) in [6.07, 6.45) is 0. The van der Waals surface area contributed by atoms with Gasteiger partial charge in [-0.3, -0.25) is 0 Å². The lowest BCUT2D eigenvalue weighted by atomic mass is 9.60. The lowest BCUT2D eigenvalue weighted by Crippen LogP contribution is -2.66. The van der Waals surface area contributed by atoms with Crippen molar-refractivity contribution in [1.82, 2.24) is 9.80 Å². The molecule has 0 aromatic rings. The summed E-state index contributed by atoms with van der Waals surface area (Å²) in [5.41, 5.74) is 0. The Labute approximate surface area is 114 Å². The molecule has 0 aliphatic carbocycles. The van der Waals surface area contributed by atoms with Gasteiger partial charge in [0.1, 0.15) is 0 Å². The van der Waals surface area contributed by atoms with Gasteiger partial charge in [-0.1, -0.05) is 13.8 Å². The molecule has 18 heavy (non-hydrogen) atoms. The summed E-state index contributed by atoms with van der Waals surface area (Å²) in [6, 6.07) is 2.83. The average molecular weight is 252 g/mol. The summed E-state index contributed by atoms with van der Waals surface area (Å²) >= 11 is 0. The van der Waals surface area contributed by atoms with Crippen LogP contribution >= 0.6 is 0 Å². The zero-order valence-corrected chi connectivity index (χ0v) is 13.5. The molecule has 0 N–H and O–H groups in total. The van der Waals surface area contributed by atoms with Gasteiger partial charge in [0.2, 0.25) is 0 Å². The van der Waals surface area contributed by atoms with Crippen LogP contribution in [0.1, 0.15) is 41.5 Å². The lowest BCUT2D eigenvalue weighted by molar-refractivity contribution is -0.115. The minimum absolute atomic E-state index is 0.702. The van der Waals surface area contributed by atoms with Crippen molar-refractivity contribution in [1.29, 1.82) is 0 Å². The van der Waals surface area contributed by atoms with E-state index in [0.29, 0.717) is 24.2 Å². The van der Waals surface area contributed by atoms with Gasteiger partial charge in [0.05, 0.1) is 0 Å². The van der Waals surface area contributed by atoms with E-state index in [4.69, 9.17) is 0 Å². The Hall–Kier alpha value is -0.0800. The van der Waals surface area contributed by atoms with Crippen LogP contribution in [-0.4, -0.2) is 48.1 Å². The molecule has 2 heteroatoms. The van der Waals surface area contributed by atoms with Crippen LogP contribution in [0.4, 0.5) is 0 Å². The molecule has 2 nitrogen and oxygen atoms in total. The summed E-state index contributed by atoms with van der Waals surface area (Å²) in [6.45, 7) is 14.7. The monoisotopic (exact) mass is 252 g/mol. The molecular weight excluding hydrogens is 220 g/mol. The van der Waals surface area contributed by atoms with E-state index in [-0.39, 0.29) is 0 Å². The smallest absolute Gasteiger partial charge is 0.0113 e. The fourth-order valence-electron chi connectivity index (χ4n) is 4.90. The van der Waals surface area contributed by atoms with Crippen LogP contribution in [0.25, 0.3) is 0 Å². The van der Waals surface area contributed by atoms with Gasteiger partial charge in [-0.15, -0.1) is 0 Å². The normalized spacial score (nSPS) is 55.3. The summed E-state index contributed by atoms with van der Waals surface area (Å²) in [4.78, 5) is 5.22. The number of likely N-dealkylation sites (tertiary alicyclic amines) is 2. The Balaban J connectivity index is 2.36. The molecule has 0 amide bonds. The first-order valence-electron chi connectivity index (χ1n) is 7.72. The zero-order valence-electron chi connectivity index (χ0n) is 13.5. The molecule has 0 radical (unpaired) electrons. The van der Waals surface area contributed by atoms with E-state index >= 15 is 0 Å². The second-order valence-electron chi connectivity index (χ2n) is 7.17. The van der Waals surface area contributed by atoms with Crippen LogP contribution in [-0.2, 0) is 0 Å². The highest BCUT2D eigenvalue weighted by atomic mass is 15.2. The minimum atomic E-state index is 0.702. The van der Waals surface area contributed by atoms with Crippen molar-refractivity contribution in [2.45, 2.75) is 65.7 Å². The van der Waals surface area contributed by atoms with Crippen LogP contribution in [0.3, 0.4) is 0 Å². The zero-order chi connectivity index (χ0) is 13.8. The molecule has 2 saturated heterocycles. The fraction of sp³-hybridized carbons (Fsp3) is 1.00. The van der Waals surface area contributed by atoms with Gasteiger partial charge in [0.15, 0.2) is 0 Å². The number of hydrogen-bond donors (Lipinski definition) is 0. The van der Waals surface area contributed by atoms with Crippen molar-refractivity contribution in [3.05, 3.63) is 0 Å². The first kappa shape index (κ1) is 14.3. The molecule has 0 spiro atoms. The van der Waals surface area contributed by atoms with Crippen LogP contribution < -0.4 is 0 Å². The highest BCUT2D eigenvalue weighted by Gasteiger charge is 2.51. The molecule has 2 aliphatic rings. The minimum Gasteiger partial charge on any atom is -0.300 e. The van der Waals surface area contributed by atoms with E-state index in [9.17, 15) is 0 Å². The van der Waals surface area contributed by atoms with E-state index in [1.54, 1.807) is 0 Å². The number of piperidine rings is 2. The van der Waals surface area contributed by atoms with Crippen molar-refractivity contribution >= 4 is 0 Å². The summed E-state index contributed by atoms with van der Waals surface area (Å²) in [5, 5.41) is 0. The molecule has 0 aromatic carbocycles. The second kappa shape index (κ2) is 4.79. The Morgan fingerprint density at radius 1 is 0.500 bits per heavy atom. The van der Waals surface area contributed by atoms with E-state index in [2.05, 4.69) is 65.4 Å². The molecule has 106 valence electrons. The lowest BCUT2D eigenvalue weighted by Gasteiger charge is -2.60. The second-order valence-corrected chi connectivity index (χ2v) is 7.17. The van der Waals surface area contributed by atoms with E-state index in [0.717, 1.165) is 23.7 Å². The van der Waals surface area contributed by atoms with E-state index in [1.807, 2.05) is 0 Å². The largest absolute Gasteiger partial charge is 0.300 e. The third kappa shape index (κ3) is 1.84. The number of rotatable bonds is 0. The van der Waals surface area contributed by atoms with Crippen LogP contribution in [0.2, 0.25) is 0 Å². The van der Waals surface area contributed by atoms with Crippen LogP contribution in [0, 0.1) is 23.7 Å². The molecule has 2 rings (SSSR count). The maximum Gasteiger partial charge on any atom is 0.0113 e. The standard InChI is InChI=1S/C16H32N2/c1-9-11(3)17(7)13(5)16-14(6)18(8)12(4)10(2)15(9)16/h9-16H,1-8H3/t9-,10+,11+,12-,13-,14+,15?,16?. The molecular formula is C16H32N2. The van der Waals surface area contributed by atoms with Crippen molar-refractivity contribution < 1.29 is 0 Å². The first-order valence-corrected chi connectivity index (χ1v) is 7.72. The average Bonchev–Trinajstić information content (AvgIpc) is 2.35. The SMILES string of the molecule is C[C@@H]1C2C([C@@H](C)N(C)[C@@H](C)[C@H]2C)[C@H](C)N(C)[C@@H]1C. The van der Waals surface area contributed by atoms with Gasteiger partial charge in [-0.25, -0.2) is 0 Å². The highest BCUT2D eigenvalue weighted by molar-refractivity contribution is 5.04. The number of fused-ring (bicyclic) bond motifs is 1.